The van der Waals surface area contributed by atoms with Crippen molar-refractivity contribution in [1.29, 1.82) is 0 Å². The monoisotopic (exact) mass is 391 g/mol. The maximum atomic E-state index is 13.2. The van der Waals surface area contributed by atoms with Gasteiger partial charge in [-0.15, -0.1) is 0 Å². The summed E-state index contributed by atoms with van der Waals surface area (Å²) in [5, 5.41) is 0. The van der Waals surface area contributed by atoms with E-state index in [0.717, 1.165) is 18.9 Å². The number of fused-ring (bicyclic) bond motifs is 1. The minimum absolute atomic E-state index is 0.238. The van der Waals surface area contributed by atoms with E-state index in [0.29, 0.717) is 30.0 Å². The van der Waals surface area contributed by atoms with Gasteiger partial charge in [-0.2, -0.15) is 13.2 Å². The van der Waals surface area contributed by atoms with Crippen molar-refractivity contribution < 1.29 is 27.4 Å². The number of amides is 1. The lowest BCUT2D eigenvalue weighted by Crippen LogP contribution is -2.55. The third kappa shape index (κ3) is 3.53. The van der Waals surface area contributed by atoms with Crippen molar-refractivity contribution >= 4 is 6.41 Å². The maximum absolute atomic E-state index is 13.2. The number of para-hydroxylation sites is 2. The highest BCUT2D eigenvalue weighted by Crippen LogP contribution is 2.40. The summed E-state index contributed by atoms with van der Waals surface area (Å²) in [4.78, 5) is 13.3. The van der Waals surface area contributed by atoms with Crippen LogP contribution < -0.4 is 9.47 Å². The normalized spacial score (nSPS) is 24.7. The van der Waals surface area contributed by atoms with Gasteiger partial charge in [0.05, 0.1) is 11.6 Å². The van der Waals surface area contributed by atoms with Crippen LogP contribution in [0.25, 0.3) is 0 Å². The van der Waals surface area contributed by atoms with Gasteiger partial charge in [0.15, 0.2) is 17.6 Å². The van der Waals surface area contributed by atoms with Crippen LogP contribution in [-0.4, -0.2) is 36.6 Å². The van der Waals surface area contributed by atoms with E-state index in [4.69, 9.17) is 9.47 Å². The Balaban J connectivity index is 1.67. The van der Waals surface area contributed by atoms with Crippen LogP contribution in [0.4, 0.5) is 13.2 Å². The first-order valence-electron chi connectivity index (χ1n) is 9.24. The number of likely N-dealkylation sites (tertiary alicyclic amines) is 1. The number of nitrogens with zero attached hydrogens (tertiary/aromatic N) is 1. The number of hydrogen-bond acceptors (Lipinski definition) is 3. The zero-order valence-corrected chi connectivity index (χ0v) is 15.1. The zero-order chi connectivity index (χ0) is 19.7. The molecule has 2 aliphatic heterocycles. The number of piperidine rings is 1. The summed E-state index contributed by atoms with van der Waals surface area (Å²) < 4.78 is 51.5. The number of rotatable bonds is 3. The Morgan fingerprint density at radius 3 is 2.61 bits per heavy atom. The summed E-state index contributed by atoms with van der Waals surface area (Å²) in [5.74, 6) is 0.945. The summed E-state index contributed by atoms with van der Waals surface area (Å²) in [5.41, 5.74) is -0.119. The molecule has 0 radical (unpaired) electrons. The van der Waals surface area contributed by atoms with Gasteiger partial charge in [-0.3, -0.25) is 4.79 Å². The minimum Gasteiger partial charge on any atom is -0.486 e. The molecule has 1 fully saturated rings. The number of benzene rings is 2. The van der Waals surface area contributed by atoms with Gasteiger partial charge in [0, 0.05) is 12.5 Å². The molecule has 1 unspecified atom stereocenters. The molecule has 28 heavy (non-hydrogen) atoms. The van der Waals surface area contributed by atoms with Crippen LogP contribution in [0.1, 0.15) is 29.9 Å². The fraction of sp³-hybridized carbons (Fsp3) is 0.381. The average molecular weight is 391 g/mol. The summed E-state index contributed by atoms with van der Waals surface area (Å²) >= 11 is 0. The molecule has 4 nitrogen and oxygen atoms in total. The lowest BCUT2D eigenvalue weighted by molar-refractivity contribution is -0.137. The molecule has 0 aromatic heterocycles. The van der Waals surface area contributed by atoms with Crippen molar-refractivity contribution in [3.63, 3.8) is 0 Å². The highest BCUT2D eigenvalue weighted by atomic mass is 19.4. The van der Waals surface area contributed by atoms with Gasteiger partial charge in [-0.25, -0.2) is 0 Å². The first-order chi connectivity index (χ1) is 13.5. The molecule has 2 aliphatic rings. The first-order valence-corrected chi connectivity index (χ1v) is 9.24. The summed E-state index contributed by atoms with van der Waals surface area (Å²) in [6.45, 7) is 0.784. The molecule has 0 spiro atoms. The van der Waals surface area contributed by atoms with E-state index in [1.54, 1.807) is 23.1 Å². The van der Waals surface area contributed by atoms with Gasteiger partial charge in [0.1, 0.15) is 6.61 Å². The summed E-state index contributed by atoms with van der Waals surface area (Å²) in [7, 11) is 0. The molecular formula is C21H20F3NO3. The predicted molar refractivity (Wildman–Crippen MR) is 96.3 cm³/mol. The number of carbonyl (C=O) groups is 1. The molecule has 2 heterocycles. The second kappa shape index (κ2) is 7.37. The highest BCUT2D eigenvalue weighted by Gasteiger charge is 2.41. The Labute approximate surface area is 160 Å². The fourth-order valence-corrected chi connectivity index (χ4v) is 4.15. The van der Waals surface area contributed by atoms with E-state index in [2.05, 4.69) is 0 Å². The molecular weight excluding hydrogens is 371 g/mol. The van der Waals surface area contributed by atoms with Gasteiger partial charge in [0.25, 0.3) is 0 Å². The van der Waals surface area contributed by atoms with Crippen molar-refractivity contribution in [3.05, 3.63) is 59.7 Å². The smallest absolute Gasteiger partial charge is 0.416 e. The molecule has 1 saturated heterocycles. The van der Waals surface area contributed by atoms with Crippen LogP contribution in [0.2, 0.25) is 0 Å². The van der Waals surface area contributed by atoms with Crippen molar-refractivity contribution in [1.82, 2.24) is 4.90 Å². The lowest BCUT2D eigenvalue weighted by Gasteiger charge is -2.44. The molecule has 0 bridgehead atoms. The topological polar surface area (TPSA) is 38.8 Å². The van der Waals surface area contributed by atoms with Crippen molar-refractivity contribution in [2.24, 2.45) is 0 Å². The Bertz CT molecular complexity index is 855. The third-order valence-electron chi connectivity index (χ3n) is 5.42. The molecule has 0 saturated carbocycles. The predicted octanol–water partition coefficient (Wildman–Crippen LogP) is 4.25. The quantitative estimate of drug-likeness (QED) is 0.735. The Morgan fingerprint density at radius 1 is 1.07 bits per heavy atom. The van der Waals surface area contributed by atoms with Crippen LogP contribution in [-0.2, 0) is 11.0 Å². The molecule has 2 aromatic carbocycles. The van der Waals surface area contributed by atoms with Crippen LogP contribution in [0.5, 0.6) is 11.5 Å². The maximum Gasteiger partial charge on any atom is 0.416 e. The van der Waals surface area contributed by atoms with Crippen LogP contribution in [0, 0.1) is 0 Å². The molecule has 148 valence electrons. The van der Waals surface area contributed by atoms with Crippen LogP contribution in [0.15, 0.2) is 48.5 Å². The Kier molecular flexibility index (Phi) is 4.91. The van der Waals surface area contributed by atoms with Crippen molar-refractivity contribution in [2.45, 2.75) is 37.1 Å². The standard InChI is InChI=1S/C21H20F3NO3/c22-21(23,24)15-6-3-5-14(11-15)16-7-4-10-25(13-26)20(16)19-12-27-17-8-1-2-9-18(17)28-19/h1-3,5-6,8-9,11,13,16,19-20H,4,7,10,12H2/t16-,19-,20?/m0/s1. The van der Waals surface area contributed by atoms with Crippen molar-refractivity contribution in [3.8, 4) is 11.5 Å². The number of hydrogen-bond donors (Lipinski definition) is 0. The van der Waals surface area contributed by atoms with Crippen LogP contribution in [0.3, 0.4) is 0 Å². The van der Waals surface area contributed by atoms with E-state index in [-0.39, 0.29) is 12.5 Å². The summed E-state index contributed by atoms with van der Waals surface area (Å²) in [6.07, 6.45) is -2.71. The van der Waals surface area contributed by atoms with E-state index in [1.807, 2.05) is 12.1 Å². The van der Waals surface area contributed by atoms with E-state index >= 15 is 0 Å². The highest BCUT2D eigenvalue weighted by molar-refractivity contribution is 5.50. The number of carbonyl (C=O) groups excluding carboxylic acids is 1. The van der Waals surface area contributed by atoms with E-state index in [1.165, 1.54) is 12.1 Å². The average Bonchev–Trinajstić information content (AvgIpc) is 2.72. The van der Waals surface area contributed by atoms with Crippen molar-refractivity contribution in [2.75, 3.05) is 13.2 Å². The molecule has 0 aliphatic carbocycles. The Hall–Kier alpha value is -2.70. The van der Waals surface area contributed by atoms with Gasteiger partial charge in [0.2, 0.25) is 6.41 Å². The van der Waals surface area contributed by atoms with E-state index in [9.17, 15) is 18.0 Å². The largest absolute Gasteiger partial charge is 0.486 e. The van der Waals surface area contributed by atoms with E-state index < -0.39 is 23.9 Å². The Morgan fingerprint density at radius 2 is 1.86 bits per heavy atom. The number of halogens is 3. The lowest BCUT2D eigenvalue weighted by atomic mass is 9.80. The minimum atomic E-state index is -4.41. The number of ether oxygens (including phenoxy) is 2. The van der Waals surface area contributed by atoms with Gasteiger partial charge >= 0.3 is 6.18 Å². The van der Waals surface area contributed by atoms with Gasteiger partial charge in [-0.1, -0.05) is 30.3 Å². The molecule has 1 amide bonds. The van der Waals surface area contributed by atoms with Gasteiger partial charge < -0.3 is 14.4 Å². The molecule has 4 rings (SSSR count). The number of alkyl halides is 3. The molecule has 0 N–H and O–H groups in total. The molecule has 3 atom stereocenters. The van der Waals surface area contributed by atoms with Crippen LogP contribution >= 0.6 is 0 Å². The second-order valence-electron chi connectivity index (χ2n) is 7.12. The summed E-state index contributed by atoms with van der Waals surface area (Å²) in [6, 6.07) is 12.2. The second-order valence-corrected chi connectivity index (χ2v) is 7.12. The SMILES string of the molecule is O=CN1CCC[C@@H](c2cccc(C(F)(F)F)c2)C1[C@@H]1COc2ccccc2O1. The molecule has 2 aromatic rings. The first kappa shape index (κ1) is 18.7. The van der Waals surface area contributed by atoms with Gasteiger partial charge in [-0.05, 0) is 36.6 Å². The third-order valence-corrected chi connectivity index (χ3v) is 5.42. The fourth-order valence-electron chi connectivity index (χ4n) is 4.15. The zero-order valence-electron chi connectivity index (χ0n) is 15.1. The molecule has 7 heteroatoms.